The van der Waals surface area contributed by atoms with Gasteiger partial charge in [-0.3, -0.25) is 0 Å². The molecule has 1 heteroatoms. The number of nitrogens with one attached hydrogen (secondary N) is 1. The molecular weight excluding hydrogens is 374 g/mol. The molecule has 0 fully saturated rings. The van der Waals surface area contributed by atoms with Gasteiger partial charge in [-0.25, -0.2) is 0 Å². The summed E-state index contributed by atoms with van der Waals surface area (Å²) in [4.78, 5) is 0. The maximum Gasteiger partial charge on any atom is 0.0387 e. The predicted octanol–water partition coefficient (Wildman–Crippen LogP) is 8.09. The smallest absolute Gasteiger partial charge is 0.0387 e. The molecule has 0 aromatic heterocycles. The van der Waals surface area contributed by atoms with E-state index in [9.17, 15) is 0 Å². The molecule has 1 aliphatic rings. The lowest BCUT2D eigenvalue weighted by Gasteiger charge is -2.28. The first-order chi connectivity index (χ1) is 15.2. The summed E-state index contributed by atoms with van der Waals surface area (Å²) in [7, 11) is 2.10. The average molecular weight is 416 g/mol. The quantitative estimate of drug-likeness (QED) is 0.289. The van der Waals surface area contributed by atoms with Crippen molar-refractivity contribution in [3.8, 4) is 0 Å². The predicted molar refractivity (Wildman–Crippen MR) is 135 cm³/mol. The zero-order valence-corrected chi connectivity index (χ0v) is 19.7. The van der Waals surface area contributed by atoms with E-state index in [0.717, 1.165) is 5.92 Å². The lowest BCUT2D eigenvalue weighted by atomic mass is 9.83. The summed E-state index contributed by atoms with van der Waals surface area (Å²) in [5.74, 6) is 2.57. The Morgan fingerprint density at radius 2 is 1.48 bits per heavy atom. The third-order valence-corrected chi connectivity index (χ3v) is 6.91. The Bertz CT molecular complexity index is 790. The fourth-order valence-electron chi connectivity index (χ4n) is 4.93. The van der Waals surface area contributed by atoms with Crippen LogP contribution in [0.4, 0.5) is 0 Å². The molecule has 1 nitrogen and oxygen atoms in total. The number of likely N-dealkylation sites (N-methyl/N-ethyl adjacent to an activating group) is 1. The first kappa shape index (κ1) is 23.5. The van der Waals surface area contributed by atoms with Gasteiger partial charge in [-0.2, -0.15) is 0 Å². The average Bonchev–Trinajstić information content (AvgIpc) is 3.05. The molecule has 0 heterocycles. The molecule has 0 saturated carbocycles. The van der Waals surface area contributed by atoms with Gasteiger partial charge < -0.3 is 5.32 Å². The van der Waals surface area contributed by atoms with E-state index in [1.165, 1.54) is 49.7 Å². The molecule has 0 spiro atoms. The van der Waals surface area contributed by atoms with Crippen LogP contribution < -0.4 is 5.32 Å². The Labute approximate surface area is 190 Å². The molecule has 0 radical (unpaired) electrons. The van der Waals surface area contributed by atoms with Gasteiger partial charge in [0.25, 0.3) is 0 Å². The lowest BCUT2D eigenvalue weighted by Crippen LogP contribution is -2.24. The van der Waals surface area contributed by atoms with E-state index in [1.54, 1.807) is 0 Å². The highest BCUT2D eigenvalue weighted by Gasteiger charge is 2.23. The standard InChI is InChI=1S/C30H41N/c1-24(2)26-20-13-15-25(22-23-26)14-7-4-12-21-29(27-16-8-5-9-17-27)30(31-3)28-18-10-6-11-19-28/h5-6,8-11,13,15-19,22-26,29-31H,4,7,12,14,20-21H2,1-3H3. The summed E-state index contributed by atoms with van der Waals surface area (Å²) in [6.07, 6.45) is 17.4. The van der Waals surface area contributed by atoms with E-state index >= 15 is 0 Å². The van der Waals surface area contributed by atoms with E-state index in [1.807, 2.05) is 0 Å². The highest BCUT2D eigenvalue weighted by Crippen LogP contribution is 2.35. The van der Waals surface area contributed by atoms with Crippen molar-refractivity contribution in [2.24, 2.45) is 17.8 Å². The summed E-state index contributed by atoms with van der Waals surface area (Å²) >= 11 is 0. The SMILES string of the molecule is CNC(c1ccccc1)C(CCCCCC1C=CCC(C(C)C)C=C1)c1ccccc1. The van der Waals surface area contributed by atoms with Crippen LogP contribution in [0.25, 0.3) is 0 Å². The highest BCUT2D eigenvalue weighted by atomic mass is 14.9. The Morgan fingerprint density at radius 3 is 2.13 bits per heavy atom. The first-order valence-electron chi connectivity index (χ1n) is 12.3. The van der Waals surface area contributed by atoms with Crippen LogP contribution >= 0.6 is 0 Å². The molecule has 0 aliphatic heterocycles. The van der Waals surface area contributed by atoms with Gasteiger partial charge in [0.05, 0.1) is 0 Å². The zero-order chi connectivity index (χ0) is 21.9. The van der Waals surface area contributed by atoms with Crippen molar-refractivity contribution in [3.05, 3.63) is 96.1 Å². The molecule has 2 aromatic rings. The molecule has 0 bridgehead atoms. The molecule has 4 atom stereocenters. The van der Waals surface area contributed by atoms with Crippen LogP contribution in [0.1, 0.15) is 75.5 Å². The van der Waals surface area contributed by atoms with Gasteiger partial charge in [0.2, 0.25) is 0 Å². The normalized spacial score (nSPS) is 20.5. The second-order valence-corrected chi connectivity index (χ2v) is 9.45. The van der Waals surface area contributed by atoms with Crippen molar-refractivity contribution in [2.75, 3.05) is 7.05 Å². The van der Waals surface area contributed by atoms with E-state index in [0.29, 0.717) is 23.8 Å². The van der Waals surface area contributed by atoms with E-state index in [2.05, 4.69) is 111 Å². The molecule has 0 saturated heterocycles. The third kappa shape index (κ3) is 7.21. The fourth-order valence-corrected chi connectivity index (χ4v) is 4.93. The summed E-state index contributed by atoms with van der Waals surface area (Å²) < 4.78 is 0. The minimum Gasteiger partial charge on any atom is -0.312 e. The van der Waals surface area contributed by atoms with Crippen molar-refractivity contribution >= 4 is 0 Å². The van der Waals surface area contributed by atoms with Crippen LogP contribution in [0, 0.1) is 17.8 Å². The molecule has 31 heavy (non-hydrogen) atoms. The molecule has 1 N–H and O–H groups in total. The summed E-state index contributed by atoms with van der Waals surface area (Å²) in [6, 6.07) is 22.3. The van der Waals surface area contributed by atoms with Gasteiger partial charge >= 0.3 is 0 Å². The summed E-state index contributed by atoms with van der Waals surface area (Å²) in [5, 5.41) is 3.61. The molecule has 0 amide bonds. The number of benzene rings is 2. The van der Waals surface area contributed by atoms with Crippen LogP contribution in [-0.4, -0.2) is 7.05 Å². The molecule has 2 aromatic carbocycles. The van der Waals surface area contributed by atoms with Crippen LogP contribution in [0.2, 0.25) is 0 Å². The van der Waals surface area contributed by atoms with Gasteiger partial charge in [0.15, 0.2) is 0 Å². The largest absolute Gasteiger partial charge is 0.312 e. The van der Waals surface area contributed by atoms with Crippen molar-refractivity contribution in [1.29, 1.82) is 0 Å². The topological polar surface area (TPSA) is 12.0 Å². The Hall–Kier alpha value is -2.12. The van der Waals surface area contributed by atoms with Crippen molar-refractivity contribution in [3.63, 3.8) is 0 Å². The highest BCUT2D eigenvalue weighted by molar-refractivity contribution is 5.28. The Balaban J connectivity index is 1.55. The van der Waals surface area contributed by atoms with Crippen LogP contribution in [0.15, 0.2) is 85.0 Å². The Kier molecular flexibility index (Phi) is 9.62. The summed E-state index contributed by atoms with van der Waals surface area (Å²) in [6.45, 7) is 4.67. The molecule has 1 aliphatic carbocycles. The number of allylic oxidation sites excluding steroid dienone is 4. The molecule has 4 unspecified atom stereocenters. The van der Waals surface area contributed by atoms with Crippen molar-refractivity contribution in [1.82, 2.24) is 5.32 Å². The third-order valence-electron chi connectivity index (χ3n) is 6.91. The maximum atomic E-state index is 3.61. The Morgan fingerprint density at radius 1 is 0.806 bits per heavy atom. The van der Waals surface area contributed by atoms with Crippen LogP contribution in [0.5, 0.6) is 0 Å². The molecular formula is C30H41N. The minimum absolute atomic E-state index is 0.351. The van der Waals surface area contributed by atoms with Gasteiger partial charge in [-0.15, -0.1) is 0 Å². The number of hydrogen-bond donors (Lipinski definition) is 1. The van der Waals surface area contributed by atoms with Crippen LogP contribution in [-0.2, 0) is 0 Å². The number of hydrogen-bond acceptors (Lipinski definition) is 1. The molecule has 166 valence electrons. The fraction of sp³-hybridized carbons (Fsp3) is 0.467. The van der Waals surface area contributed by atoms with Gasteiger partial charge in [0, 0.05) is 12.0 Å². The first-order valence-corrected chi connectivity index (χ1v) is 12.3. The van der Waals surface area contributed by atoms with Gasteiger partial charge in [0.1, 0.15) is 0 Å². The van der Waals surface area contributed by atoms with Crippen molar-refractivity contribution < 1.29 is 0 Å². The number of rotatable bonds is 11. The monoisotopic (exact) mass is 415 g/mol. The second-order valence-electron chi connectivity index (χ2n) is 9.45. The van der Waals surface area contributed by atoms with Gasteiger partial charge in [-0.1, -0.05) is 118 Å². The number of unbranched alkanes of at least 4 members (excludes halogenated alkanes) is 2. The van der Waals surface area contributed by atoms with E-state index in [4.69, 9.17) is 0 Å². The van der Waals surface area contributed by atoms with Crippen LogP contribution in [0.3, 0.4) is 0 Å². The maximum absolute atomic E-state index is 3.61. The second kappa shape index (κ2) is 12.7. The van der Waals surface area contributed by atoms with E-state index < -0.39 is 0 Å². The summed E-state index contributed by atoms with van der Waals surface area (Å²) in [5.41, 5.74) is 2.83. The van der Waals surface area contributed by atoms with Gasteiger partial charge in [-0.05, 0) is 55.2 Å². The lowest BCUT2D eigenvalue weighted by molar-refractivity contribution is 0.432. The molecule has 3 rings (SSSR count). The minimum atomic E-state index is 0.351. The van der Waals surface area contributed by atoms with Crippen molar-refractivity contribution in [2.45, 2.75) is 64.3 Å². The van der Waals surface area contributed by atoms with E-state index in [-0.39, 0.29) is 0 Å². The zero-order valence-electron chi connectivity index (χ0n) is 19.7.